The Morgan fingerprint density at radius 3 is 2.78 bits per heavy atom. The number of sulfonamides is 1. The lowest BCUT2D eigenvalue weighted by Crippen LogP contribution is -2.41. The predicted octanol–water partition coefficient (Wildman–Crippen LogP) is 1.18. The number of nitrogens with one attached hydrogen (secondary N) is 3. The van der Waals surface area contributed by atoms with Crippen molar-refractivity contribution in [1.82, 2.24) is 24.8 Å². The van der Waals surface area contributed by atoms with Gasteiger partial charge >= 0.3 is 0 Å². The standard InChI is InChI=1S/C13H12ClN5O3S/c1-19-7-16-13(11(19)14)23(21,22)18-17-12(20)9-6-15-10-5-3-2-4-8(9)10/h2-7,15,18H,1H3,(H,17,20). The van der Waals surface area contributed by atoms with Crippen molar-refractivity contribution in [3.05, 3.63) is 47.5 Å². The molecule has 2 heterocycles. The highest BCUT2D eigenvalue weighted by molar-refractivity contribution is 7.89. The topological polar surface area (TPSA) is 109 Å². The van der Waals surface area contributed by atoms with E-state index in [0.29, 0.717) is 10.9 Å². The van der Waals surface area contributed by atoms with Crippen molar-refractivity contribution < 1.29 is 13.2 Å². The second-order valence-electron chi connectivity index (χ2n) is 4.76. The van der Waals surface area contributed by atoms with Crippen LogP contribution in [0.3, 0.4) is 0 Å². The maximum atomic E-state index is 12.2. The zero-order valence-electron chi connectivity index (χ0n) is 11.9. The number of hydrazine groups is 1. The van der Waals surface area contributed by atoms with E-state index in [1.54, 1.807) is 19.2 Å². The second kappa shape index (κ2) is 5.69. The van der Waals surface area contributed by atoms with E-state index in [-0.39, 0.29) is 10.2 Å². The van der Waals surface area contributed by atoms with Gasteiger partial charge in [0.25, 0.3) is 15.9 Å². The van der Waals surface area contributed by atoms with Gasteiger partial charge in [0.15, 0.2) is 0 Å². The first kappa shape index (κ1) is 15.5. The molecule has 10 heteroatoms. The van der Waals surface area contributed by atoms with E-state index in [2.05, 4.69) is 15.4 Å². The van der Waals surface area contributed by atoms with Gasteiger partial charge in [0, 0.05) is 24.1 Å². The molecule has 8 nitrogen and oxygen atoms in total. The summed E-state index contributed by atoms with van der Waals surface area (Å²) in [7, 11) is -2.51. The van der Waals surface area contributed by atoms with Gasteiger partial charge < -0.3 is 9.55 Å². The number of aromatic amines is 1. The summed E-state index contributed by atoms with van der Waals surface area (Å²) in [6.07, 6.45) is 2.76. The van der Waals surface area contributed by atoms with Gasteiger partial charge in [-0.3, -0.25) is 10.2 Å². The van der Waals surface area contributed by atoms with Gasteiger partial charge in [-0.2, -0.15) is 0 Å². The highest BCUT2D eigenvalue weighted by atomic mass is 35.5. The van der Waals surface area contributed by atoms with Crippen LogP contribution in [-0.4, -0.2) is 28.9 Å². The molecule has 0 aliphatic carbocycles. The first-order valence-electron chi connectivity index (χ1n) is 6.45. The molecule has 0 saturated heterocycles. The second-order valence-corrected chi connectivity index (χ2v) is 6.71. The number of halogens is 1. The Morgan fingerprint density at radius 2 is 2.09 bits per heavy atom. The highest BCUT2D eigenvalue weighted by Gasteiger charge is 2.23. The number of aromatic nitrogens is 3. The maximum Gasteiger partial charge on any atom is 0.277 e. The van der Waals surface area contributed by atoms with Crippen LogP contribution in [0.4, 0.5) is 0 Å². The smallest absolute Gasteiger partial charge is 0.277 e. The fraction of sp³-hybridized carbons (Fsp3) is 0.0769. The lowest BCUT2D eigenvalue weighted by atomic mass is 10.2. The largest absolute Gasteiger partial charge is 0.360 e. The molecule has 0 unspecified atom stereocenters. The molecule has 1 aromatic carbocycles. The van der Waals surface area contributed by atoms with E-state index in [1.165, 1.54) is 17.1 Å². The first-order valence-corrected chi connectivity index (χ1v) is 8.31. The SMILES string of the molecule is Cn1cnc(S(=O)(=O)NNC(=O)c2c[nH]c3ccccc23)c1Cl. The van der Waals surface area contributed by atoms with Crippen LogP contribution in [0.15, 0.2) is 41.8 Å². The van der Waals surface area contributed by atoms with Gasteiger partial charge in [-0.1, -0.05) is 29.8 Å². The molecule has 120 valence electrons. The maximum absolute atomic E-state index is 12.2. The molecular weight excluding hydrogens is 342 g/mol. The summed E-state index contributed by atoms with van der Waals surface area (Å²) in [5.74, 6) is -0.599. The molecule has 0 bridgehead atoms. The highest BCUT2D eigenvalue weighted by Crippen LogP contribution is 2.19. The number of aryl methyl sites for hydroxylation is 1. The zero-order chi connectivity index (χ0) is 16.6. The fourth-order valence-corrected chi connectivity index (χ4v) is 3.34. The normalized spacial score (nSPS) is 11.7. The first-order chi connectivity index (χ1) is 10.9. The van der Waals surface area contributed by atoms with E-state index >= 15 is 0 Å². The molecule has 1 amide bonds. The number of fused-ring (bicyclic) bond motifs is 1. The molecule has 0 fully saturated rings. The van der Waals surface area contributed by atoms with Crippen molar-refractivity contribution in [2.45, 2.75) is 5.03 Å². The summed E-state index contributed by atoms with van der Waals surface area (Å²) in [6.45, 7) is 0. The van der Waals surface area contributed by atoms with E-state index in [0.717, 1.165) is 5.52 Å². The summed E-state index contributed by atoms with van der Waals surface area (Å²) in [5.41, 5.74) is 3.23. The van der Waals surface area contributed by atoms with Crippen LogP contribution in [0.25, 0.3) is 10.9 Å². The van der Waals surface area contributed by atoms with Gasteiger partial charge in [-0.05, 0) is 6.07 Å². The molecule has 3 N–H and O–H groups in total. The Kier molecular flexibility index (Phi) is 3.84. The molecule has 0 radical (unpaired) electrons. The number of H-pyrrole nitrogens is 1. The predicted molar refractivity (Wildman–Crippen MR) is 84.3 cm³/mol. The van der Waals surface area contributed by atoms with Gasteiger partial charge in [-0.25, -0.2) is 13.4 Å². The van der Waals surface area contributed by atoms with Crippen LogP contribution in [0.5, 0.6) is 0 Å². The number of carbonyl (C=O) groups is 1. The summed E-state index contributed by atoms with van der Waals surface area (Å²) in [4.78, 5) is 20.8. The van der Waals surface area contributed by atoms with Crippen molar-refractivity contribution >= 4 is 38.4 Å². The average Bonchev–Trinajstić information content (AvgIpc) is 3.10. The van der Waals surface area contributed by atoms with Gasteiger partial charge in [0.2, 0.25) is 5.03 Å². The minimum absolute atomic E-state index is 0.0566. The summed E-state index contributed by atoms with van der Waals surface area (Å²) in [6, 6.07) is 7.17. The molecule has 3 rings (SSSR count). The van der Waals surface area contributed by atoms with Crippen molar-refractivity contribution in [3.63, 3.8) is 0 Å². The Morgan fingerprint density at radius 1 is 1.35 bits per heavy atom. The van der Waals surface area contributed by atoms with Crippen molar-refractivity contribution in [2.75, 3.05) is 0 Å². The van der Waals surface area contributed by atoms with Crippen LogP contribution in [-0.2, 0) is 17.1 Å². The van der Waals surface area contributed by atoms with E-state index in [4.69, 9.17) is 11.6 Å². The third-order valence-electron chi connectivity index (χ3n) is 3.22. The van der Waals surface area contributed by atoms with Crippen LogP contribution in [0, 0.1) is 0 Å². The molecule has 3 aromatic rings. The van der Waals surface area contributed by atoms with Crippen LogP contribution in [0.2, 0.25) is 5.15 Å². The number of rotatable bonds is 4. The molecule has 0 saturated carbocycles. The van der Waals surface area contributed by atoms with E-state index in [1.807, 2.05) is 17.0 Å². The third kappa shape index (κ3) is 2.81. The number of para-hydroxylation sites is 1. The Balaban J connectivity index is 1.80. The molecule has 0 aliphatic rings. The fourth-order valence-electron chi connectivity index (χ4n) is 2.06. The minimum Gasteiger partial charge on any atom is -0.360 e. The average molecular weight is 354 g/mol. The molecule has 0 spiro atoms. The van der Waals surface area contributed by atoms with Crippen LogP contribution in [0.1, 0.15) is 10.4 Å². The number of hydrogen-bond acceptors (Lipinski definition) is 4. The third-order valence-corrected chi connectivity index (χ3v) is 4.96. The molecular formula is C13H12ClN5O3S. The molecule has 23 heavy (non-hydrogen) atoms. The summed E-state index contributed by atoms with van der Waals surface area (Å²) < 4.78 is 25.6. The number of hydrogen-bond donors (Lipinski definition) is 3. The molecule has 0 aliphatic heterocycles. The van der Waals surface area contributed by atoms with Gasteiger partial charge in [-0.15, -0.1) is 4.83 Å². The summed E-state index contributed by atoms with van der Waals surface area (Å²) >= 11 is 5.85. The number of nitrogens with zero attached hydrogens (tertiary/aromatic N) is 2. The Bertz CT molecular complexity index is 992. The minimum atomic E-state index is -4.07. The number of imidazole rings is 1. The van der Waals surface area contributed by atoms with E-state index in [9.17, 15) is 13.2 Å². The van der Waals surface area contributed by atoms with Gasteiger partial charge in [0.05, 0.1) is 11.9 Å². The molecule has 0 atom stereocenters. The molecule has 2 aromatic heterocycles. The van der Waals surface area contributed by atoms with Crippen molar-refractivity contribution in [2.24, 2.45) is 7.05 Å². The quantitative estimate of drug-likeness (QED) is 0.612. The number of amides is 1. The van der Waals surface area contributed by atoms with Crippen LogP contribution < -0.4 is 10.3 Å². The van der Waals surface area contributed by atoms with Gasteiger partial charge in [0.1, 0.15) is 5.15 Å². The zero-order valence-corrected chi connectivity index (χ0v) is 13.4. The Hall–Kier alpha value is -2.36. The van der Waals surface area contributed by atoms with Crippen LogP contribution >= 0.6 is 11.6 Å². The van der Waals surface area contributed by atoms with E-state index < -0.39 is 15.9 Å². The Labute approximate surface area is 136 Å². The van der Waals surface area contributed by atoms with Crippen molar-refractivity contribution in [1.29, 1.82) is 0 Å². The van der Waals surface area contributed by atoms with Crippen molar-refractivity contribution in [3.8, 4) is 0 Å². The summed E-state index contributed by atoms with van der Waals surface area (Å²) in [5, 5.41) is 0.264. The lowest BCUT2D eigenvalue weighted by Gasteiger charge is -2.06. The number of benzene rings is 1. The monoisotopic (exact) mass is 353 g/mol. The number of carbonyl (C=O) groups excluding carboxylic acids is 1. The lowest BCUT2D eigenvalue weighted by molar-refractivity contribution is 0.0947.